The van der Waals surface area contributed by atoms with Gasteiger partial charge in [0.2, 0.25) is 11.8 Å². The molecule has 0 spiro atoms. The summed E-state index contributed by atoms with van der Waals surface area (Å²) in [7, 11) is 1.61. The lowest BCUT2D eigenvalue weighted by molar-refractivity contribution is -0.136. The summed E-state index contributed by atoms with van der Waals surface area (Å²) < 4.78 is 11.8. The van der Waals surface area contributed by atoms with Crippen molar-refractivity contribution in [1.29, 1.82) is 0 Å². The first-order valence-electron chi connectivity index (χ1n) is 23.7. The van der Waals surface area contributed by atoms with E-state index in [9.17, 15) is 24.0 Å². The Bertz CT molecular complexity index is 2620. The Hall–Kier alpha value is -6.50. The predicted molar refractivity (Wildman–Crippen MR) is 265 cm³/mol. The molecule has 4 aliphatic rings. The number of anilines is 3. The van der Waals surface area contributed by atoms with Crippen LogP contribution in [0.15, 0.2) is 103 Å². The van der Waals surface area contributed by atoms with Crippen molar-refractivity contribution in [2.24, 2.45) is 0 Å². The second-order valence-electron chi connectivity index (χ2n) is 18.0. The number of fused-ring (bicyclic) bond motifs is 1. The maximum absolute atomic E-state index is 14.0. The molecule has 360 valence electrons. The molecule has 3 saturated heterocycles. The van der Waals surface area contributed by atoms with E-state index in [2.05, 4.69) is 66.0 Å². The zero-order valence-electron chi connectivity index (χ0n) is 39.1. The van der Waals surface area contributed by atoms with Crippen LogP contribution in [-0.2, 0) is 30.4 Å². The normalized spacial score (nSPS) is 18.1. The number of aromatic nitrogens is 1. The van der Waals surface area contributed by atoms with E-state index in [1.807, 2.05) is 61.5 Å². The molecule has 0 bridgehead atoms. The van der Waals surface area contributed by atoms with Gasteiger partial charge in [-0.25, -0.2) is 4.98 Å². The fourth-order valence-electron chi connectivity index (χ4n) is 9.55. The molecule has 5 amide bonds. The molecule has 4 aliphatic heterocycles. The highest BCUT2D eigenvalue weighted by atomic mass is 32.1. The molecule has 2 atom stereocenters. The summed E-state index contributed by atoms with van der Waals surface area (Å²) in [5.41, 5.74) is 7.69. The fourth-order valence-corrected chi connectivity index (χ4v) is 10.1. The Morgan fingerprint density at radius 3 is 2.29 bits per heavy atom. The third kappa shape index (κ3) is 11.2. The molecule has 17 heteroatoms. The number of carbonyl (C=O) groups excluding carboxylic acids is 5. The van der Waals surface area contributed by atoms with Crippen molar-refractivity contribution < 1.29 is 33.4 Å². The van der Waals surface area contributed by atoms with E-state index >= 15 is 0 Å². The number of piperidine rings is 1. The van der Waals surface area contributed by atoms with Gasteiger partial charge in [-0.1, -0.05) is 60.7 Å². The average molecular weight is 954 g/mol. The Morgan fingerprint density at radius 1 is 0.855 bits per heavy atom. The van der Waals surface area contributed by atoms with Crippen LogP contribution in [-0.4, -0.2) is 152 Å². The zero-order chi connectivity index (χ0) is 47.9. The molecule has 3 N–H and O–H groups in total. The molecule has 4 aromatic carbocycles. The molecular weight excluding hydrogens is 895 g/mol. The number of imide groups is 1. The van der Waals surface area contributed by atoms with Crippen molar-refractivity contribution >= 4 is 57.4 Å². The minimum absolute atomic E-state index is 0.167. The average Bonchev–Trinajstić information content (AvgIpc) is 3.99. The molecule has 9 rings (SSSR count). The Morgan fingerprint density at radius 2 is 1.58 bits per heavy atom. The third-order valence-corrected chi connectivity index (χ3v) is 14.3. The van der Waals surface area contributed by atoms with Gasteiger partial charge in [-0.05, 0) is 71.5 Å². The maximum atomic E-state index is 14.0. The molecule has 0 radical (unpaired) electrons. The largest absolute Gasteiger partial charge is 0.379 e. The first kappa shape index (κ1) is 47.6. The van der Waals surface area contributed by atoms with Gasteiger partial charge in [0.05, 0.1) is 32.5 Å². The lowest BCUT2D eigenvalue weighted by Crippen LogP contribution is -2.55. The van der Waals surface area contributed by atoms with Gasteiger partial charge in [0.25, 0.3) is 17.7 Å². The molecule has 2 unspecified atom stereocenters. The number of nitrogens with zero attached hydrogens (tertiary/aromatic N) is 6. The highest BCUT2D eigenvalue weighted by molar-refractivity contribution is 7.13. The van der Waals surface area contributed by atoms with Crippen molar-refractivity contribution in [3.63, 3.8) is 0 Å². The standard InChI is InChI=1S/C52H59N9O7S/c1-35-42(50(65)57(2)45-17-18-46(62)55-48(45)63)9-6-10-44(35)54-40-33-59(34-40)25-27-68-29-28-67-26-24-58-20-22-60(23-21-58)41-15-13-36(14-16-41)38-11-12-39-32-61(51(66)43(39)31-38)47(37-7-4-3-5-8-37)49(64)56-52-53-19-30-69-52/h3-16,19,30-31,40,45,47,54H,17-18,20-29,32-34H2,1-2H3,(H,53,56,64)(H,55,62,63). The van der Waals surface area contributed by atoms with Gasteiger partial charge in [-0.15, -0.1) is 11.3 Å². The third-order valence-electron chi connectivity index (χ3n) is 13.6. The van der Waals surface area contributed by atoms with Gasteiger partial charge in [0.1, 0.15) is 12.1 Å². The van der Waals surface area contributed by atoms with E-state index in [4.69, 9.17) is 9.47 Å². The summed E-state index contributed by atoms with van der Waals surface area (Å²) in [5, 5.41) is 11.1. The first-order chi connectivity index (χ1) is 33.6. The minimum atomic E-state index is -0.798. The first-order valence-corrected chi connectivity index (χ1v) is 24.6. The summed E-state index contributed by atoms with van der Waals surface area (Å²) in [4.78, 5) is 79.3. The van der Waals surface area contributed by atoms with Gasteiger partial charge in [-0.3, -0.25) is 44.4 Å². The van der Waals surface area contributed by atoms with Gasteiger partial charge in [-0.2, -0.15) is 0 Å². The summed E-state index contributed by atoms with van der Waals surface area (Å²) >= 11 is 1.34. The van der Waals surface area contributed by atoms with Crippen LogP contribution >= 0.6 is 11.3 Å². The lowest BCUT2D eigenvalue weighted by atomic mass is 10.00. The summed E-state index contributed by atoms with van der Waals surface area (Å²) in [6.45, 7) is 11.9. The van der Waals surface area contributed by atoms with E-state index in [0.717, 1.165) is 85.9 Å². The molecule has 16 nitrogen and oxygen atoms in total. The molecule has 5 aromatic rings. The second kappa shape index (κ2) is 21.9. The Balaban J connectivity index is 0.647. The highest BCUT2D eigenvalue weighted by Gasteiger charge is 2.38. The van der Waals surface area contributed by atoms with E-state index in [1.54, 1.807) is 29.6 Å². The van der Waals surface area contributed by atoms with E-state index < -0.39 is 18.0 Å². The molecule has 5 heterocycles. The molecule has 1 aromatic heterocycles. The van der Waals surface area contributed by atoms with Crippen LogP contribution < -0.4 is 20.9 Å². The molecule has 0 saturated carbocycles. The van der Waals surface area contributed by atoms with E-state index in [1.165, 1.54) is 21.9 Å². The number of carbonyl (C=O) groups is 5. The van der Waals surface area contributed by atoms with Crippen molar-refractivity contribution in [2.45, 2.75) is 44.4 Å². The zero-order valence-corrected chi connectivity index (χ0v) is 39.9. The predicted octanol–water partition coefficient (Wildman–Crippen LogP) is 5.28. The van der Waals surface area contributed by atoms with Gasteiger partial charge in [0.15, 0.2) is 5.13 Å². The number of nitrogens with one attached hydrogen (secondary N) is 3. The lowest BCUT2D eigenvalue weighted by Gasteiger charge is -2.40. The number of piperazine rings is 1. The number of likely N-dealkylation sites (N-methyl/N-ethyl adjacent to an activating group) is 1. The summed E-state index contributed by atoms with van der Waals surface area (Å²) in [6, 6.07) is 28.4. The maximum Gasteiger partial charge on any atom is 0.255 e. The molecule has 0 aliphatic carbocycles. The number of hydrogen-bond acceptors (Lipinski definition) is 13. The minimum Gasteiger partial charge on any atom is -0.379 e. The summed E-state index contributed by atoms with van der Waals surface area (Å²) in [5.74, 6) is -1.44. The quantitative estimate of drug-likeness (QED) is 0.0725. The topological polar surface area (TPSA) is 169 Å². The van der Waals surface area contributed by atoms with Crippen molar-refractivity contribution in [2.75, 3.05) is 101 Å². The van der Waals surface area contributed by atoms with Gasteiger partial charge in [0, 0.05) is 106 Å². The van der Waals surface area contributed by atoms with Crippen LogP contribution in [0.4, 0.5) is 16.5 Å². The number of benzene rings is 4. The van der Waals surface area contributed by atoms with Crippen molar-refractivity contribution in [3.05, 3.63) is 130 Å². The van der Waals surface area contributed by atoms with Gasteiger partial charge >= 0.3 is 0 Å². The molecular formula is C52H59N9O7S. The number of hydrogen-bond donors (Lipinski definition) is 3. The Labute approximate surface area is 406 Å². The van der Waals surface area contributed by atoms with Crippen molar-refractivity contribution in [1.82, 2.24) is 29.9 Å². The van der Waals surface area contributed by atoms with Crippen molar-refractivity contribution in [3.8, 4) is 11.1 Å². The number of thiazole rings is 1. The van der Waals surface area contributed by atoms with E-state index in [0.29, 0.717) is 55.7 Å². The second-order valence-corrected chi connectivity index (χ2v) is 18.9. The monoisotopic (exact) mass is 953 g/mol. The van der Waals surface area contributed by atoms with Crippen LogP contribution in [0.25, 0.3) is 11.1 Å². The summed E-state index contributed by atoms with van der Waals surface area (Å²) in [6.07, 6.45) is 2.18. The smallest absolute Gasteiger partial charge is 0.255 e. The van der Waals surface area contributed by atoms with Gasteiger partial charge < -0.3 is 29.5 Å². The number of ether oxygens (including phenoxy) is 2. The molecule has 3 fully saturated rings. The van der Waals surface area contributed by atoms with E-state index in [-0.39, 0.29) is 36.1 Å². The van der Waals surface area contributed by atoms with Crippen LogP contribution in [0.5, 0.6) is 0 Å². The SMILES string of the molecule is Cc1c(NC2CN(CCOCCOCCN3CCN(c4ccc(-c5ccc6c(c5)C(=O)N(C(C(=O)Nc5nccs5)c5ccccc5)C6)cc4)CC3)C2)cccc1C(=O)N(C)C1CCC(=O)NC1=O. The van der Waals surface area contributed by atoms with Crippen LogP contribution in [0.3, 0.4) is 0 Å². The fraction of sp³-hybridized carbons (Fsp3) is 0.385. The Kier molecular flexibility index (Phi) is 15.1. The number of amides is 5. The number of rotatable bonds is 19. The van der Waals surface area contributed by atoms with Crippen LogP contribution in [0, 0.1) is 6.92 Å². The highest BCUT2D eigenvalue weighted by Crippen LogP contribution is 2.35. The number of likely N-dealkylation sites (tertiary alicyclic amines) is 1. The van der Waals surface area contributed by atoms with Crippen LogP contribution in [0.1, 0.15) is 56.3 Å². The van der Waals surface area contributed by atoms with Crippen LogP contribution in [0.2, 0.25) is 0 Å². The molecule has 69 heavy (non-hydrogen) atoms.